The summed E-state index contributed by atoms with van der Waals surface area (Å²) in [6, 6.07) is 0. The van der Waals surface area contributed by atoms with Crippen molar-refractivity contribution in [3.63, 3.8) is 0 Å². The molecular formula is C20H36O4Si. The molecule has 3 atom stereocenters. The molecule has 0 radical (unpaired) electrons. The minimum atomic E-state index is -1.87. The molecule has 0 saturated heterocycles. The third-order valence-corrected chi connectivity index (χ3v) is 11.1. The van der Waals surface area contributed by atoms with Crippen molar-refractivity contribution in [3.05, 3.63) is 11.1 Å². The number of aliphatic hydroxyl groups is 1. The van der Waals surface area contributed by atoms with E-state index < -0.39 is 14.4 Å². The highest BCUT2D eigenvalue weighted by molar-refractivity contribution is 6.74. The Morgan fingerprint density at radius 3 is 2.44 bits per heavy atom. The zero-order valence-corrected chi connectivity index (χ0v) is 18.2. The van der Waals surface area contributed by atoms with Crippen LogP contribution in [0.15, 0.2) is 11.1 Å². The van der Waals surface area contributed by atoms with Gasteiger partial charge in [0.25, 0.3) is 0 Å². The fourth-order valence-corrected chi connectivity index (χ4v) is 5.00. The maximum atomic E-state index is 12.2. The molecule has 0 aromatic rings. The standard InChI is InChI=1S/C20H36O4Si/c1-19(2,3)25(7,8)24-12-15-10-13(18(22)23-6)9-14-11-20(4,5)17(21)16(14)15/h13,15,17,21H,9-12H2,1-8H3/t13-,15+,17-/m1/s1. The second-order valence-corrected chi connectivity index (χ2v) is 14.9. The van der Waals surface area contributed by atoms with Gasteiger partial charge < -0.3 is 14.3 Å². The lowest BCUT2D eigenvalue weighted by atomic mass is 9.77. The molecule has 25 heavy (non-hydrogen) atoms. The first-order valence-electron chi connectivity index (χ1n) is 9.42. The van der Waals surface area contributed by atoms with Crippen LogP contribution in [0.3, 0.4) is 0 Å². The summed E-state index contributed by atoms with van der Waals surface area (Å²) < 4.78 is 11.5. The van der Waals surface area contributed by atoms with Crippen molar-refractivity contribution in [2.45, 2.75) is 78.1 Å². The summed E-state index contributed by atoms with van der Waals surface area (Å²) in [6.45, 7) is 16.0. The average molecular weight is 369 g/mol. The predicted molar refractivity (Wildman–Crippen MR) is 103 cm³/mol. The smallest absolute Gasteiger partial charge is 0.309 e. The molecule has 0 bridgehead atoms. The van der Waals surface area contributed by atoms with Gasteiger partial charge in [-0.25, -0.2) is 0 Å². The van der Waals surface area contributed by atoms with Crippen molar-refractivity contribution in [2.75, 3.05) is 13.7 Å². The highest BCUT2D eigenvalue weighted by atomic mass is 28.4. The lowest BCUT2D eigenvalue weighted by molar-refractivity contribution is -0.146. The van der Waals surface area contributed by atoms with E-state index in [1.807, 2.05) is 0 Å². The topological polar surface area (TPSA) is 55.8 Å². The molecule has 0 aromatic carbocycles. The molecule has 5 heteroatoms. The van der Waals surface area contributed by atoms with Gasteiger partial charge in [0.05, 0.1) is 19.1 Å². The molecule has 0 saturated carbocycles. The number of ether oxygens (including phenoxy) is 1. The van der Waals surface area contributed by atoms with Gasteiger partial charge in [-0.1, -0.05) is 40.2 Å². The normalized spacial score (nSPS) is 29.6. The number of carbonyl (C=O) groups excluding carboxylic acids is 1. The van der Waals surface area contributed by atoms with Crippen molar-refractivity contribution in [1.29, 1.82) is 0 Å². The third-order valence-electron chi connectivity index (χ3n) is 6.60. The monoisotopic (exact) mass is 368 g/mol. The van der Waals surface area contributed by atoms with Gasteiger partial charge in [0, 0.05) is 12.5 Å². The first-order valence-corrected chi connectivity index (χ1v) is 12.3. The van der Waals surface area contributed by atoms with Gasteiger partial charge in [-0.05, 0) is 48.4 Å². The summed E-state index contributed by atoms with van der Waals surface area (Å²) in [5, 5.41) is 11.0. The molecule has 1 N–H and O–H groups in total. The molecule has 0 heterocycles. The number of hydrogen-bond donors (Lipinski definition) is 1. The number of allylic oxidation sites excluding steroid dienone is 1. The van der Waals surface area contributed by atoms with Gasteiger partial charge in [-0.2, -0.15) is 0 Å². The van der Waals surface area contributed by atoms with E-state index in [4.69, 9.17) is 9.16 Å². The van der Waals surface area contributed by atoms with Gasteiger partial charge in [-0.3, -0.25) is 4.79 Å². The van der Waals surface area contributed by atoms with E-state index in [2.05, 4.69) is 47.7 Å². The van der Waals surface area contributed by atoms with E-state index in [-0.39, 0.29) is 28.3 Å². The summed E-state index contributed by atoms with van der Waals surface area (Å²) in [5.41, 5.74) is 2.23. The van der Waals surface area contributed by atoms with E-state index in [9.17, 15) is 9.90 Å². The van der Waals surface area contributed by atoms with E-state index in [0.717, 1.165) is 18.4 Å². The molecule has 0 aliphatic heterocycles. The first-order chi connectivity index (χ1) is 11.3. The number of esters is 1. The van der Waals surface area contributed by atoms with Crippen LogP contribution in [0.4, 0.5) is 0 Å². The molecule has 4 nitrogen and oxygen atoms in total. The number of hydrogen-bond acceptors (Lipinski definition) is 4. The van der Waals surface area contributed by atoms with Crippen LogP contribution < -0.4 is 0 Å². The molecule has 0 amide bonds. The van der Waals surface area contributed by atoms with Crippen LogP contribution in [-0.4, -0.2) is 39.2 Å². The summed E-state index contributed by atoms with van der Waals surface area (Å²) in [4.78, 5) is 12.2. The Balaban J connectivity index is 2.24. The van der Waals surface area contributed by atoms with E-state index >= 15 is 0 Å². The molecule has 2 rings (SSSR count). The second-order valence-electron chi connectivity index (χ2n) is 10.1. The highest BCUT2D eigenvalue weighted by Gasteiger charge is 2.47. The second kappa shape index (κ2) is 6.82. The van der Waals surface area contributed by atoms with Crippen molar-refractivity contribution in [2.24, 2.45) is 17.3 Å². The minimum Gasteiger partial charge on any atom is -0.469 e. The molecule has 2 aliphatic carbocycles. The van der Waals surface area contributed by atoms with Crippen molar-refractivity contribution in [3.8, 4) is 0 Å². The van der Waals surface area contributed by atoms with Crippen molar-refractivity contribution >= 4 is 14.3 Å². The summed E-state index contributed by atoms with van der Waals surface area (Å²) in [7, 11) is -0.409. The molecular weight excluding hydrogens is 332 g/mol. The van der Waals surface area contributed by atoms with Crippen LogP contribution in [-0.2, 0) is 14.0 Å². The predicted octanol–water partition coefficient (Wildman–Crippen LogP) is 4.29. The zero-order chi connectivity index (χ0) is 19.2. The molecule has 0 fully saturated rings. The van der Waals surface area contributed by atoms with Gasteiger partial charge in [0.1, 0.15) is 0 Å². The SMILES string of the molecule is COC(=O)[C@@H]1CC2=C([C@H](CO[Si](C)(C)C(C)(C)C)C1)[C@@H](O)C(C)(C)C2. The van der Waals surface area contributed by atoms with Crippen LogP contribution in [0.5, 0.6) is 0 Å². The number of methoxy groups -OCH3 is 1. The fraction of sp³-hybridized carbons (Fsp3) is 0.850. The van der Waals surface area contributed by atoms with Crippen LogP contribution in [0.1, 0.15) is 53.9 Å². The Morgan fingerprint density at radius 2 is 1.92 bits per heavy atom. The van der Waals surface area contributed by atoms with Gasteiger partial charge in [0.15, 0.2) is 8.32 Å². The Labute approximate surface area is 154 Å². The third kappa shape index (κ3) is 4.04. The number of aliphatic hydroxyl groups excluding tert-OH is 1. The zero-order valence-electron chi connectivity index (χ0n) is 17.2. The quantitative estimate of drug-likeness (QED) is 0.457. The van der Waals surface area contributed by atoms with E-state index in [0.29, 0.717) is 13.0 Å². The molecule has 0 aromatic heterocycles. The van der Waals surface area contributed by atoms with Gasteiger partial charge in [-0.15, -0.1) is 0 Å². The van der Waals surface area contributed by atoms with E-state index in [1.54, 1.807) is 0 Å². The molecule has 0 unspecified atom stereocenters. The van der Waals surface area contributed by atoms with Crippen LogP contribution in [0.2, 0.25) is 18.1 Å². The number of carbonyl (C=O) groups is 1. The molecule has 2 aliphatic rings. The molecule has 0 spiro atoms. The summed E-state index contributed by atoms with van der Waals surface area (Å²) in [6.07, 6.45) is 1.86. The minimum absolute atomic E-state index is 0.110. The number of rotatable bonds is 4. The summed E-state index contributed by atoms with van der Waals surface area (Å²) in [5.74, 6) is -0.139. The lowest BCUT2D eigenvalue weighted by Gasteiger charge is -2.39. The maximum Gasteiger partial charge on any atom is 0.309 e. The Morgan fingerprint density at radius 1 is 1.32 bits per heavy atom. The van der Waals surface area contributed by atoms with Gasteiger partial charge >= 0.3 is 5.97 Å². The lowest BCUT2D eigenvalue weighted by Crippen LogP contribution is -2.43. The van der Waals surface area contributed by atoms with Crippen molar-refractivity contribution < 1.29 is 19.1 Å². The van der Waals surface area contributed by atoms with Crippen LogP contribution in [0, 0.1) is 17.3 Å². The van der Waals surface area contributed by atoms with Crippen molar-refractivity contribution in [1.82, 2.24) is 0 Å². The van der Waals surface area contributed by atoms with E-state index in [1.165, 1.54) is 12.7 Å². The Kier molecular flexibility index (Phi) is 5.63. The first kappa shape index (κ1) is 20.7. The van der Waals surface area contributed by atoms with Gasteiger partial charge in [0.2, 0.25) is 0 Å². The summed E-state index contributed by atoms with van der Waals surface area (Å²) >= 11 is 0. The highest BCUT2D eigenvalue weighted by Crippen LogP contribution is 2.51. The van der Waals surface area contributed by atoms with Crippen LogP contribution in [0.25, 0.3) is 0 Å². The largest absolute Gasteiger partial charge is 0.469 e. The molecule has 144 valence electrons. The fourth-order valence-electron chi connectivity index (χ4n) is 3.95. The van der Waals surface area contributed by atoms with Crippen LogP contribution >= 0.6 is 0 Å². The maximum absolute atomic E-state index is 12.2. The Hall–Kier alpha value is -0.653. The Bertz CT molecular complexity index is 557. The average Bonchev–Trinajstić information content (AvgIpc) is 2.72.